The normalized spacial score (nSPS) is 12.9. The molecule has 0 saturated heterocycles. The summed E-state index contributed by atoms with van der Waals surface area (Å²) >= 11 is 0. The molecule has 1 heterocycles. The van der Waals surface area contributed by atoms with E-state index in [4.69, 9.17) is 4.74 Å². The van der Waals surface area contributed by atoms with Gasteiger partial charge in [0.2, 0.25) is 0 Å². The summed E-state index contributed by atoms with van der Waals surface area (Å²) in [5.74, 6) is -2.05. The fourth-order valence-corrected chi connectivity index (χ4v) is 6.08. The van der Waals surface area contributed by atoms with Crippen LogP contribution in [0, 0.1) is 45.2 Å². The first kappa shape index (κ1) is 36.7. The highest BCUT2D eigenvalue weighted by Gasteiger charge is 2.28. The fraction of sp³-hybridized carbons (Fsp3) is 0.514. The number of aryl methyl sites for hydroxylation is 4. The van der Waals surface area contributed by atoms with Gasteiger partial charge >= 0.3 is 5.97 Å². The summed E-state index contributed by atoms with van der Waals surface area (Å²) in [7, 11) is 3.93. The average molecular weight is 638 g/mol. The van der Waals surface area contributed by atoms with Gasteiger partial charge in [-0.15, -0.1) is 0 Å². The third-order valence-corrected chi connectivity index (χ3v) is 8.37. The number of nitrogens with zero attached hydrogens (tertiary/aromatic N) is 3. The highest BCUT2D eigenvalue weighted by molar-refractivity contribution is 5.82. The zero-order valence-electron chi connectivity index (χ0n) is 28.8. The number of aromatic nitrogens is 2. The molecule has 0 saturated carbocycles. The molecule has 0 aliphatic rings. The van der Waals surface area contributed by atoms with Crippen molar-refractivity contribution in [2.45, 2.75) is 92.5 Å². The van der Waals surface area contributed by atoms with E-state index in [-0.39, 0.29) is 48.9 Å². The molecule has 0 unspecified atom stereocenters. The number of Topliss-reactive ketones (excluding diaryl/α,β-unsaturated/α-hetero) is 1. The van der Waals surface area contributed by atoms with E-state index in [1.165, 1.54) is 22.9 Å². The number of hydrogen-bond acceptors (Lipinski definition) is 6. The Hall–Kier alpha value is -3.72. The summed E-state index contributed by atoms with van der Waals surface area (Å²) in [6.45, 7) is 13.7. The highest BCUT2D eigenvalue weighted by Crippen LogP contribution is 2.36. The lowest BCUT2D eigenvalue weighted by Crippen LogP contribution is -2.34. The molecular formula is C37H49F2N3O4. The van der Waals surface area contributed by atoms with Crippen LogP contribution < -0.4 is 5.56 Å². The van der Waals surface area contributed by atoms with E-state index < -0.39 is 23.7 Å². The van der Waals surface area contributed by atoms with Crippen LogP contribution in [0.5, 0.6) is 0 Å². The summed E-state index contributed by atoms with van der Waals surface area (Å²) in [5, 5.41) is 4.67. The second-order valence-corrected chi connectivity index (χ2v) is 13.1. The number of rotatable bonds is 15. The zero-order valence-corrected chi connectivity index (χ0v) is 28.8. The maximum Gasteiger partial charge on any atom is 0.306 e. The molecule has 3 rings (SSSR count). The number of benzene rings is 2. The Labute approximate surface area is 272 Å². The lowest BCUT2D eigenvalue weighted by atomic mass is 9.84. The Morgan fingerprint density at radius 3 is 2.20 bits per heavy atom. The summed E-state index contributed by atoms with van der Waals surface area (Å²) in [6, 6.07) is 7.05. The lowest BCUT2D eigenvalue weighted by Gasteiger charge is -2.23. The predicted molar refractivity (Wildman–Crippen MR) is 178 cm³/mol. The molecule has 0 fully saturated rings. The van der Waals surface area contributed by atoms with Crippen molar-refractivity contribution in [2.75, 3.05) is 27.2 Å². The first-order valence-corrected chi connectivity index (χ1v) is 16.1. The minimum absolute atomic E-state index is 0.00774. The van der Waals surface area contributed by atoms with Crippen LogP contribution in [0.2, 0.25) is 0 Å². The third-order valence-electron chi connectivity index (χ3n) is 8.37. The van der Waals surface area contributed by atoms with E-state index in [0.717, 1.165) is 23.4 Å². The lowest BCUT2D eigenvalue weighted by molar-refractivity contribution is -0.143. The molecule has 0 amide bonds. The van der Waals surface area contributed by atoms with Crippen LogP contribution in [-0.4, -0.2) is 53.7 Å². The number of carbonyl (C=O) groups excluding carboxylic acids is 2. The van der Waals surface area contributed by atoms with Gasteiger partial charge in [-0.25, -0.2) is 13.5 Å². The van der Waals surface area contributed by atoms with Crippen LogP contribution >= 0.6 is 0 Å². The van der Waals surface area contributed by atoms with Gasteiger partial charge in [-0.1, -0.05) is 13.8 Å². The van der Waals surface area contributed by atoms with Crippen molar-refractivity contribution >= 4 is 11.8 Å². The fourth-order valence-electron chi connectivity index (χ4n) is 6.08. The second kappa shape index (κ2) is 16.2. The van der Waals surface area contributed by atoms with E-state index in [0.29, 0.717) is 40.7 Å². The highest BCUT2D eigenvalue weighted by atomic mass is 19.1. The summed E-state index contributed by atoms with van der Waals surface area (Å²) < 4.78 is 36.5. The summed E-state index contributed by atoms with van der Waals surface area (Å²) in [4.78, 5) is 41.9. The van der Waals surface area contributed by atoms with Gasteiger partial charge in [-0.05, 0) is 137 Å². The molecule has 9 heteroatoms. The van der Waals surface area contributed by atoms with Crippen molar-refractivity contribution in [1.29, 1.82) is 0 Å². The third kappa shape index (κ3) is 9.41. The molecule has 2 aromatic carbocycles. The average Bonchev–Trinajstić information content (AvgIpc) is 2.94. The first-order chi connectivity index (χ1) is 21.6. The Bertz CT molecular complexity index is 1590. The molecule has 0 aliphatic carbocycles. The number of ether oxygens (including phenoxy) is 1. The Morgan fingerprint density at radius 2 is 1.61 bits per heavy atom. The van der Waals surface area contributed by atoms with Crippen molar-refractivity contribution < 1.29 is 23.1 Å². The van der Waals surface area contributed by atoms with E-state index in [1.807, 2.05) is 39.8 Å². The SMILES string of the molecule is CCOC(=O)C[C@H](CCC(=O)[C@H](CC(C)C)n1nc(CCN(C)C)c(C)cc1=O)c1cc(-c2c(C)cc(F)cc2C)cc(C)c1F. The number of hydrogen-bond donors (Lipinski definition) is 0. The molecule has 2 atom stereocenters. The number of carbonyl (C=O) groups is 2. The molecule has 250 valence electrons. The topological polar surface area (TPSA) is 81.5 Å². The minimum Gasteiger partial charge on any atom is -0.466 e. The van der Waals surface area contributed by atoms with E-state index in [9.17, 15) is 18.8 Å². The van der Waals surface area contributed by atoms with Crippen molar-refractivity contribution in [1.82, 2.24) is 14.7 Å². The Morgan fingerprint density at radius 1 is 0.957 bits per heavy atom. The number of likely N-dealkylation sites (N-methyl/N-ethyl adjacent to an activating group) is 1. The molecule has 7 nitrogen and oxygen atoms in total. The number of ketones is 1. The maximum atomic E-state index is 15.9. The Kier molecular flexibility index (Phi) is 12.9. The number of esters is 1. The van der Waals surface area contributed by atoms with Gasteiger partial charge < -0.3 is 9.64 Å². The number of halogens is 2. The van der Waals surface area contributed by atoms with Crippen LogP contribution in [0.1, 0.15) is 91.9 Å². The predicted octanol–water partition coefficient (Wildman–Crippen LogP) is 7.20. The van der Waals surface area contributed by atoms with Crippen LogP contribution in [0.4, 0.5) is 8.78 Å². The summed E-state index contributed by atoms with van der Waals surface area (Å²) in [5.41, 5.74) is 4.82. The summed E-state index contributed by atoms with van der Waals surface area (Å²) in [6.07, 6.45) is 1.10. The van der Waals surface area contributed by atoms with Gasteiger partial charge in [0.25, 0.3) is 5.56 Å². The van der Waals surface area contributed by atoms with Crippen LogP contribution in [0.25, 0.3) is 11.1 Å². The monoisotopic (exact) mass is 637 g/mol. The van der Waals surface area contributed by atoms with E-state index >= 15 is 4.39 Å². The smallest absolute Gasteiger partial charge is 0.306 e. The van der Waals surface area contributed by atoms with Gasteiger partial charge in [-0.3, -0.25) is 14.4 Å². The van der Waals surface area contributed by atoms with Gasteiger partial charge in [0.1, 0.15) is 17.7 Å². The van der Waals surface area contributed by atoms with Crippen molar-refractivity contribution in [3.63, 3.8) is 0 Å². The largest absolute Gasteiger partial charge is 0.466 e. The van der Waals surface area contributed by atoms with E-state index in [2.05, 4.69) is 5.10 Å². The van der Waals surface area contributed by atoms with E-state index in [1.54, 1.807) is 39.8 Å². The Balaban J connectivity index is 2.03. The van der Waals surface area contributed by atoms with Gasteiger partial charge in [0, 0.05) is 25.5 Å². The molecule has 0 N–H and O–H groups in total. The van der Waals surface area contributed by atoms with Crippen LogP contribution in [0.3, 0.4) is 0 Å². The minimum atomic E-state index is -0.795. The molecule has 0 spiro atoms. The van der Waals surface area contributed by atoms with Crippen molar-refractivity contribution in [2.24, 2.45) is 5.92 Å². The standard InChI is InChI=1S/C37H49F2N3O4/c1-10-46-35(45)21-27(30-20-28(16-26(7)37(30)39)36-24(5)17-29(38)18-25(36)6)11-12-33(43)32(15-22(2)3)42-34(44)19-23(4)31(40-42)13-14-41(8)9/h16-20,22,27,32H,10-15,21H2,1-9H3/t27-,32-/m0/s1. The van der Waals surface area contributed by atoms with Gasteiger partial charge in [-0.2, -0.15) is 5.10 Å². The molecule has 1 aromatic heterocycles. The van der Waals surface area contributed by atoms with Gasteiger partial charge in [0.05, 0.1) is 18.7 Å². The van der Waals surface area contributed by atoms with Crippen LogP contribution in [0.15, 0.2) is 35.1 Å². The molecule has 0 aliphatic heterocycles. The zero-order chi connectivity index (χ0) is 34.3. The maximum absolute atomic E-state index is 15.9. The van der Waals surface area contributed by atoms with Gasteiger partial charge in [0.15, 0.2) is 5.78 Å². The van der Waals surface area contributed by atoms with Crippen molar-refractivity contribution in [3.8, 4) is 11.1 Å². The second-order valence-electron chi connectivity index (χ2n) is 13.1. The molecule has 3 aromatic rings. The quantitative estimate of drug-likeness (QED) is 0.164. The molecule has 0 bridgehead atoms. The molecule has 46 heavy (non-hydrogen) atoms. The molecular weight excluding hydrogens is 588 g/mol. The van der Waals surface area contributed by atoms with Crippen molar-refractivity contribution in [3.05, 3.63) is 85.8 Å². The van der Waals surface area contributed by atoms with Crippen LogP contribution in [-0.2, 0) is 20.7 Å². The first-order valence-electron chi connectivity index (χ1n) is 16.1. The molecule has 0 radical (unpaired) electrons.